The molecule has 3 rings (SSSR count). The van der Waals surface area contributed by atoms with Gasteiger partial charge in [0, 0.05) is 23.0 Å². The molecule has 0 bridgehead atoms. The van der Waals surface area contributed by atoms with E-state index in [1.54, 1.807) is 23.9 Å². The third-order valence-corrected chi connectivity index (χ3v) is 6.54. The lowest BCUT2D eigenvalue weighted by Gasteiger charge is -2.25. The van der Waals surface area contributed by atoms with Gasteiger partial charge in [0.1, 0.15) is 4.90 Å². The highest BCUT2D eigenvalue weighted by molar-refractivity contribution is 7.99. The molecule has 128 valence electrons. The van der Waals surface area contributed by atoms with Crippen LogP contribution in [0.5, 0.6) is 0 Å². The molecule has 2 aromatic rings. The standard InChI is InChI=1S/C14H14ClN3O4S2/c1-18-13(14(19)20)12(7-16-18)24(21,22)17-10-4-5-23-11-3-2-8(15)6-9(10)11/h2-3,6-7,10,17H,4-5H2,1H3,(H,19,20). The smallest absolute Gasteiger partial charge is 0.355 e. The number of carboxylic acid groups (broad SMARTS) is 1. The van der Waals surface area contributed by atoms with Crippen LogP contribution in [0.2, 0.25) is 5.02 Å². The largest absolute Gasteiger partial charge is 0.476 e. The van der Waals surface area contributed by atoms with Crippen LogP contribution in [-0.2, 0) is 17.1 Å². The summed E-state index contributed by atoms with van der Waals surface area (Å²) in [5.74, 6) is -0.598. The van der Waals surface area contributed by atoms with E-state index >= 15 is 0 Å². The van der Waals surface area contributed by atoms with Crippen molar-refractivity contribution in [1.29, 1.82) is 0 Å². The lowest BCUT2D eigenvalue weighted by Crippen LogP contribution is -2.31. The Kier molecular flexibility index (Phi) is 4.60. The molecular weight excluding hydrogens is 374 g/mol. The summed E-state index contributed by atoms with van der Waals surface area (Å²) in [5.41, 5.74) is 0.419. The Morgan fingerprint density at radius 2 is 2.25 bits per heavy atom. The SMILES string of the molecule is Cn1ncc(S(=O)(=O)NC2CCSc3ccc(Cl)cc32)c1C(=O)O. The van der Waals surface area contributed by atoms with Gasteiger partial charge >= 0.3 is 5.97 Å². The number of aromatic nitrogens is 2. The van der Waals surface area contributed by atoms with Gasteiger partial charge in [0.05, 0.1) is 6.20 Å². The summed E-state index contributed by atoms with van der Waals surface area (Å²) >= 11 is 7.65. The summed E-state index contributed by atoms with van der Waals surface area (Å²) in [7, 11) is -2.65. The Bertz CT molecular complexity index is 911. The van der Waals surface area contributed by atoms with Crippen molar-refractivity contribution in [2.24, 2.45) is 7.05 Å². The number of benzene rings is 1. The summed E-state index contributed by atoms with van der Waals surface area (Å²) in [6.45, 7) is 0. The average Bonchev–Trinajstić information content (AvgIpc) is 2.90. The number of aryl methyl sites for hydroxylation is 1. The van der Waals surface area contributed by atoms with Gasteiger partial charge in [0.2, 0.25) is 10.0 Å². The molecule has 0 fully saturated rings. The van der Waals surface area contributed by atoms with Gasteiger partial charge in [-0.2, -0.15) is 5.10 Å². The highest BCUT2D eigenvalue weighted by Gasteiger charge is 2.31. The van der Waals surface area contributed by atoms with Gasteiger partial charge in [0.25, 0.3) is 0 Å². The molecule has 0 aliphatic carbocycles. The van der Waals surface area contributed by atoms with Gasteiger partial charge in [-0.3, -0.25) is 4.68 Å². The van der Waals surface area contributed by atoms with E-state index in [9.17, 15) is 18.3 Å². The van der Waals surface area contributed by atoms with Crippen LogP contribution in [0.4, 0.5) is 0 Å². The number of halogens is 1. The van der Waals surface area contributed by atoms with E-state index in [4.69, 9.17) is 11.6 Å². The number of sulfonamides is 1. The minimum absolute atomic E-state index is 0.348. The minimum atomic E-state index is -4.04. The first kappa shape index (κ1) is 17.3. The Morgan fingerprint density at radius 3 is 2.96 bits per heavy atom. The maximum atomic E-state index is 12.7. The van der Waals surface area contributed by atoms with E-state index in [0.717, 1.165) is 27.1 Å². The molecule has 1 aliphatic rings. The van der Waals surface area contributed by atoms with Crippen LogP contribution in [-0.4, -0.2) is 35.0 Å². The second-order valence-corrected chi connectivity index (χ2v) is 8.53. The molecule has 1 unspecified atom stereocenters. The summed E-state index contributed by atoms with van der Waals surface area (Å²) in [6, 6.07) is 4.88. The fraction of sp³-hybridized carbons (Fsp3) is 0.286. The number of hydrogen-bond acceptors (Lipinski definition) is 5. The van der Waals surface area contributed by atoms with Gasteiger partial charge < -0.3 is 5.11 Å². The van der Waals surface area contributed by atoms with E-state index in [1.807, 2.05) is 6.07 Å². The van der Waals surface area contributed by atoms with Gasteiger partial charge in [-0.05, 0) is 35.9 Å². The highest BCUT2D eigenvalue weighted by atomic mass is 35.5. The molecule has 1 aromatic carbocycles. The zero-order chi connectivity index (χ0) is 17.5. The van der Waals surface area contributed by atoms with E-state index in [2.05, 4.69) is 9.82 Å². The highest BCUT2D eigenvalue weighted by Crippen LogP contribution is 2.38. The first-order valence-corrected chi connectivity index (χ1v) is 9.84. The molecular formula is C14H14ClN3O4S2. The van der Waals surface area contributed by atoms with Crippen molar-refractivity contribution in [3.63, 3.8) is 0 Å². The Labute approximate surface area is 148 Å². The molecule has 0 saturated heterocycles. The number of aromatic carboxylic acids is 1. The Morgan fingerprint density at radius 1 is 1.50 bits per heavy atom. The summed E-state index contributed by atoms with van der Waals surface area (Å²) in [4.78, 5) is 11.9. The van der Waals surface area contributed by atoms with Gasteiger partial charge in [-0.25, -0.2) is 17.9 Å². The van der Waals surface area contributed by atoms with E-state index < -0.39 is 22.0 Å². The predicted octanol–water partition coefficient (Wildman–Crippen LogP) is 2.29. The topological polar surface area (TPSA) is 101 Å². The molecule has 2 heterocycles. The van der Waals surface area contributed by atoms with Crippen molar-refractivity contribution in [2.75, 3.05) is 5.75 Å². The molecule has 2 N–H and O–H groups in total. The van der Waals surface area contributed by atoms with Gasteiger partial charge in [-0.15, -0.1) is 11.8 Å². The first-order chi connectivity index (χ1) is 11.3. The van der Waals surface area contributed by atoms with Crippen LogP contribution in [0.1, 0.15) is 28.5 Å². The Hall–Kier alpha value is -1.55. The molecule has 7 nitrogen and oxygen atoms in total. The molecule has 1 atom stereocenters. The second-order valence-electron chi connectivity index (χ2n) is 5.28. The van der Waals surface area contributed by atoms with E-state index in [0.29, 0.717) is 11.4 Å². The fourth-order valence-corrected chi connectivity index (χ4v) is 5.29. The van der Waals surface area contributed by atoms with Crippen LogP contribution in [0.25, 0.3) is 0 Å². The van der Waals surface area contributed by atoms with Crippen LogP contribution in [0, 0.1) is 0 Å². The predicted molar refractivity (Wildman–Crippen MR) is 90.0 cm³/mol. The average molecular weight is 388 g/mol. The minimum Gasteiger partial charge on any atom is -0.476 e. The molecule has 10 heteroatoms. The number of fused-ring (bicyclic) bond motifs is 1. The zero-order valence-electron chi connectivity index (χ0n) is 12.6. The first-order valence-electron chi connectivity index (χ1n) is 6.99. The number of nitrogens with zero attached hydrogens (tertiary/aromatic N) is 2. The number of carboxylic acids is 1. The maximum absolute atomic E-state index is 12.7. The van der Waals surface area contributed by atoms with Crippen molar-refractivity contribution in [3.8, 4) is 0 Å². The van der Waals surface area contributed by atoms with Crippen LogP contribution in [0.15, 0.2) is 34.2 Å². The second kappa shape index (κ2) is 6.40. The van der Waals surface area contributed by atoms with E-state index in [1.165, 1.54) is 7.05 Å². The fourth-order valence-electron chi connectivity index (χ4n) is 2.60. The molecule has 0 spiro atoms. The van der Waals surface area contributed by atoms with Crippen molar-refractivity contribution in [2.45, 2.75) is 22.3 Å². The third-order valence-electron chi connectivity index (χ3n) is 3.71. The summed E-state index contributed by atoms with van der Waals surface area (Å²) in [6.07, 6.45) is 1.63. The summed E-state index contributed by atoms with van der Waals surface area (Å²) < 4.78 is 28.9. The normalized spacial score (nSPS) is 17.5. The van der Waals surface area contributed by atoms with Crippen LogP contribution < -0.4 is 4.72 Å². The maximum Gasteiger partial charge on any atom is 0.355 e. The zero-order valence-corrected chi connectivity index (χ0v) is 15.0. The summed E-state index contributed by atoms with van der Waals surface area (Å²) in [5, 5.41) is 13.5. The number of carbonyl (C=O) groups is 1. The van der Waals surface area contributed by atoms with Crippen molar-refractivity contribution >= 4 is 39.4 Å². The molecule has 0 saturated carbocycles. The van der Waals surface area contributed by atoms with Gasteiger partial charge in [-0.1, -0.05) is 11.6 Å². The number of nitrogens with one attached hydrogen (secondary N) is 1. The van der Waals surface area contributed by atoms with Crippen LogP contribution >= 0.6 is 23.4 Å². The number of hydrogen-bond donors (Lipinski definition) is 2. The van der Waals surface area contributed by atoms with Crippen molar-refractivity contribution < 1.29 is 18.3 Å². The van der Waals surface area contributed by atoms with E-state index in [-0.39, 0.29) is 10.6 Å². The third kappa shape index (κ3) is 3.16. The van der Waals surface area contributed by atoms with Crippen molar-refractivity contribution in [3.05, 3.63) is 40.7 Å². The van der Waals surface area contributed by atoms with Crippen molar-refractivity contribution in [1.82, 2.24) is 14.5 Å². The number of rotatable bonds is 4. The monoisotopic (exact) mass is 387 g/mol. The van der Waals surface area contributed by atoms with Crippen LogP contribution in [0.3, 0.4) is 0 Å². The molecule has 1 aromatic heterocycles. The lowest BCUT2D eigenvalue weighted by molar-refractivity contribution is 0.0680. The lowest BCUT2D eigenvalue weighted by atomic mass is 10.1. The molecule has 1 aliphatic heterocycles. The molecule has 0 radical (unpaired) electrons. The van der Waals surface area contributed by atoms with Gasteiger partial charge in [0.15, 0.2) is 5.69 Å². The molecule has 0 amide bonds. The number of thioether (sulfide) groups is 1. The molecule has 24 heavy (non-hydrogen) atoms. The Balaban J connectivity index is 1.98. The quantitative estimate of drug-likeness (QED) is 0.834.